The van der Waals surface area contributed by atoms with E-state index in [0.29, 0.717) is 19.5 Å². The van der Waals surface area contributed by atoms with Gasteiger partial charge in [-0.15, -0.1) is 0 Å². The van der Waals surface area contributed by atoms with Gasteiger partial charge in [0, 0.05) is 36.2 Å². The maximum atomic E-state index is 11.3. The SMILES string of the molecule is CCC(=O)CNCc1cnc2c(C(C)(C)C)nccc2c1. The van der Waals surface area contributed by atoms with Crippen LogP contribution in [-0.2, 0) is 16.8 Å². The Balaban J connectivity index is 2.21. The number of hydrogen-bond donors (Lipinski definition) is 1. The van der Waals surface area contributed by atoms with Gasteiger partial charge in [0.05, 0.1) is 17.8 Å². The minimum Gasteiger partial charge on any atom is -0.306 e. The van der Waals surface area contributed by atoms with Crippen LogP contribution in [0.5, 0.6) is 0 Å². The van der Waals surface area contributed by atoms with Crippen LogP contribution in [0, 0.1) is 0 Å². The number of carbonyl (C=O) groups excluding carboxylic acids is 1. The molecule has 4 heteroatoms. The highest BCUT2D eigenvalue weighted by Crippen LogP contribution is 2.26. The zero-order valence-electron chi connectivity index (χ0n) is 13.2. The van der Waals surface area contributed by atoms with Gasteiger partial charge in [0.1, 0.15) is 5.78 Å². The van der Waals surface area contributed by atoms with Crippen LogP contribution in [-0.4, -0.2) is 22.3 Å². The van der Waals surface area contributed by atoms with Gasteiger partial charge in [0.25, 0.3) is 0 Å². The van der Waals surface area contributed by atoms with E-state index in [1.807, 2.05) is 25.4 Å². The lowest BCUT2D eigenvalue weighted by atomic mass is 9.90. The molecule has 0 amide bonds. The molecule has 0 radical (unpaired) electrons. The van der Waals surface area contributed by atoms with Crippen molar-refractivity contribution in [2.75, 3.05) is 6.54 Å². The van der Waals surface area contributed by atoms with E-state index in [4.69, 9.17) is 0 Å². The molecule has 0 fully saturated rings. The van der Waals surface area contributed by atoms with Crippen LogP contribution >= 0.6 is 0 Å². The van der Waals surface area contributed by atoms with E-state index in [2.05, 4.69) is 42.1 Å². The summed E-state index contributed by atoms with van der Waals surface area (Å²) in [6.45, 7) is 9.37. The number of pyridine rings is 2. The quantitative estimate of drug-likeness (QED) is 0.917. The predicted octanol–water partition coefficient (Wildman–Crippen LogP) is 3.00. The van der Waals surface area contributed by atoms with E-state index in [9.17, 15) is 4.79 Å². The Morgan fingerprint density at radius 3 is 2.71 bits per heavy atom. The van der Waals surface area contributed by atoms with Crippen LogP contribution in [0.3, 0.4) is 0 Å². The Labute approximate surface area is 126 Å². The molecule has 2 rings (SSSR count). The average Bonchev–Trinajstić information content (AvgIpc) is 2.45. The molecule has 4 nitrogen and oxygen atoms in total. The fraction of sp³-hybridized carbons (Fsp3) is 0.471. The number of nitrogens with one attached hydrogen (secondary N) is 1. The topological polar surface area (TPSA) is 54.9 Å². The minimum absolute atomic E-state index is 0.0280. The van der Waals surface area contributed by atoms with Crippen molar-refractivity contribution in [2.24, 2.45) is 0 Å². The van der Waals surface area contributed by atoms with E-state index in [1.165, 1.54) is 0 Å². The molecule has 2 aromatic heterocycles. The summed E-state index contributed by atoms with van der Waals surface area (Å²) >= 11 is 0. The van der Waals surface area contributed by atoms with Gasteiger partial charge >= 0.3 is 0 Å². The van der Waals surface area contributed by atoms with Gasteiger partial charge in [-0.2, -0.15) is 0 Å². The Kier molecular flexibility index (Phi) is 4.68. The predicted molar refractivity (Wildman–Crippen MR) is 85.2 cm³/mol. The van der Waals surface area contributed by atoms with Gasteiger partial charge in [0.15, 0.2) is 0 Å². The highest BCUT2D eigenvalue weighted by atomic mass is 16.1. The summed E-state index contributed by atoms with van der Waals surface area (Å²) in [6.07, 6.45) is 4.27. The molecule has 0 aliphatic carbocycles. The zero-order valence-corrected chi connectivity index (χ0v) is 13.2. The Bertz CT molecular complexity index is 644. The van der Waals surface area contributed by atoms with Crippen LogP contribution in [0.1, 0.15) is 45.4 Å². The number of hydrogen-bond acceptors (Lipinski definition) is 4. The van der Waals surface area contributed by atoms with Crippen LogP contribution in [0.25, 0.3) is 10.9 Å². The minimum atomic E-state index is -0.0280. The maximum Gasteiger partial charge on any atom is 0.146 e. The molecule has 2 aromatic rings. The largest absolute Gasteiger partial charge is 0.306 e. The van der Waals surface area contributed by atoms with Gasteiger partial charge in [0.2, 0.25) is 0 Å². The molecule has 0 spiro atoms. The molecule has 2 heterocycles. The third kappa shape index (κ3) is 3.85. The first-order valence-corrected chi connectivity index (χ1v) is 7.38. The number of ketones is 1. The van der Waals surface area contributed by atoms with Crippen molar-refractivity contribution >= 4 is 16.7 Å². The van der Waals surface area contributed by atoms with Crippen LogP contribution in [0.4, 0.5) is 0 Å². The van der Waals surface area contributed by atoms with Gasteiger partial charge in [-0.1, -0.05) is 27.7 Å². The second-order valence-corrected chi connectivity index (χ2v) is 6.32. The van der Waals surface area contributed by atoms with Crippen molar-refractivity contribution in [2.45, 2.75) is 46.1 Å². The van der Waals surface area contributed by atoms with Crippen molar-refractivity contribution in [3.8, 4) is 0 Å². The lowest BCUT2D eigenvalue weighted by molar-refractivity contribution is -0.117. The number of rotatable bonds is 5. The van der Waals surface area contributed by atoms with E-state index >= 15 is 0 Å². The molecule has 0 saturated carbocycles. The van der Waals surface area contributed by atoms with Crippen molar-refractivity contribution in [3.63, 3.8) is 0 Å². The normalized spacial score (nSPS) is 11.8. The standard InChI is InChI=1S/C17H23N3O/c1-5-14(21)11-18-9-12-8-13-6-7-19-16(17(2,3)4)15(13)20-10-12/h6-8,10,18H,5,9,11H2,1-4H3. The molecule has 21 heavy (non-hydrogen) atoms. The third-order valence-corrected chi connectivity index (χ3v) is 3.41. The maximum absolute atomic E-state index is 11.3. The average molecular weight is 285 g/mol. The number of fused-ring (bicyclic) bond motifs is 1. The number of Topliss-reactive ketones (excluding diaryl/α,β-unsaturated/α-hetero) is 1. The summed E-state index contributed by atoms with van der Waals surface area (Å²) < 4.78 is 0. The van der Waals surface area contributed by atoms with E-state index in [1.54, 1.807) is 0 Å². The third-order valence-electron chi connectivity index (χ3n) is 3.41. The van der Waals surface area contributed by atoms with E-state index < -0.39 is 0 Å². The van der Waals surface area contributed by atoms with Crippen molar-refractivity contribution in [1.29, 1.82) is 0 Å². The zero-order chi connectivity index (χ0) is 15.5. The number of aromatic nitrogens is 2. The molecule has 0 aromatic carbocycles. The first kappa shape index (κ1) is 15.6. The molecule has 0 aliphatic heterocycles. The second kappa shape index (κ2) is 6.31. The first-order valence-electron chi connectivity index (χ1n) is 7.38. The monoisotopic (exact) mass is 285 g/mol. The Morgan fingerprint density at radius 1 is 1.29 bits per heavy atom. The first-order chi connectivity index (χ1) is 9.91. The fourth-order valence-corrected chi connectivity index (χ4v) is 2.22. The van der Waals surface area contributed by atoms with Crippen molar-refractivity contribution in [1.82, 2.24) is 15.3 Å². The van der Waals surface area contributed by atoms with E-state index in [-0.39, 0.29) is 11.2 Å². The lowest BCUT2D eigenvalue weighted by Crippen LogP contribution is -2.22. The second-order valence-electron chi connectivity index (χ2n) is 6.32. The molecule has 112 valence electrons. The summed E-state index contributed by atoms with van der Waals surface area (Å²) in [5.41, 5.74) is 3.02. The highest BCUT2D eigenvalue weighted by molar-refractivity contribution is 5.82. The van der Waals surface area contributed by atoms with Gasteiger partial charge < -0.3 is 5.32 Å². The lowest BCUT2D eigenvalue weighted by Gasteiger charge is -2.19. The molecule has 1 N–H and O–H groups in total. The summed E-state index contributed by atoms with van der Waals surface area (Å²) in [4.78, 5) is 20.3. The van der Waals surface area contributed by atoms with Crippen LogP contribution in [0.15, 0.2) is 24.5 Å². The molecule has 0 unspecified atom stereocenters. The highest BCUT2D eigenvalue weighted by Gasteiger charge is 2.19. The smallest absolute Gasteiger partial charge is 0.146 e. The van der Waals surface area contributed by atoms with Gasteiger partial charge in [-0.05, 0) is 17.7 Å². The molecule has 0 saturated heterocycles. The number of carbonyl (C=O) groups is 1. The Morgan fingerprint density at radius 2 is 2.05 bits per heavy atom. The van der Waals surface area contributed by atoms with Crippen LogP contribution in [0.2, 0.25) is 0 Å². The molecule has 0 atom stereocenters. The Hall–Kier alpha value is -1.81. The van der Waals surface area contributed by atoms with Crippen molar-refractivity contribution in [3.05, 3.63) is 35.8 Å². The fourth-order valence-electron chi connectivity index (χ4n) is 2.22. The van der Waals surface area contributed by atoms with E-state index in [0.717, 1.165) is 22.2 Å². The molecular weight excluding hydrogens is 262 g/mol. The van der Waals surface area contributed by atoms with Crippen molar-refractivity contribution < 1.29 is 4.79 Å². The summed E-state index contributed by atoms with van der Waals surface area (Å²) in [6, 6.07) is 4.10. The van der Waals surface area contributed by atoms with Gasteiger partial charge in [-0.25, -0.2) is 0 Å². The molecule has 0 bridgehead atoms. The molecule has 0 aliphatic rings. The summed E-state index contributed by atoms with van der Waals surface area (Å²) in [5.74, 6) is 0.225. The summed E-state index contributed by atoms with van der Waals surface area (Å²) in [5, 5.41) is 4.25. The van der Waals surface area contributed by atoms with Gasteiger partial charge in [-0.3, -0.25) is 14.8 Å². The number of nitrogens with zero attached hydrogens (tertiary/aromatic N) is 2. The summed E-state index contributed by atoms with van der Waals surface area (Å²) in [7, 11) is 0. The van der Waals surface area contributed by atoms with Crippen LogP contribution < -0.4 is 5.32 Å². The molecular formula is C17H23N3O.